The van der Waals surface area contributed by atoms with Gasteiger partial charge in [-0.3, -0.25) is 9.59 Å². The molecule has 0 aromatic heterocycles. The minimum absolute atomic E-state index is 0.229. The molecule has 0 fully saturated rings. The number of para-hydroxylation sites is 2. The highest BCUT2D eigenvalue weighted by Gasteiger charge is 2.18. The Morgan fingerprint density at radius 3 is 2.20 bits per heavy atom. The van der Waals surface area contributed by atoms with Crippen LogP contribution in [0.5, 0.6) is 5.75 Å². The Kier molecular flexibility index (Phi) is 4.15. The molecular formula is C16H15NO3. The summed E-state index contributed by atoms with van der Waals surface area (Å²) < 4.78 is 5.07. The first-order valence-electron chi connectivity index (χ1n) is 6.20. The molecule has 2 aromatic rings. The van der Waals surface area contributed by atoms with Crippen LogP contribution < -0.4 is 9.64 Å². The van der Waals surface area contributed by atoms with Gasteiger partial charge in [0.15, 0.2) is 0 Å². The van der Waals surface area contributed by atoms with Crippen LogP contribution in [0.25, 0.3) is 0 Å². The predicted octanol–water partition coefficient (Wildman–Crippen LogP) is 2.89. The van der Waals surface area contributed by atoms with Crippen molar-refractivity contribution in [3.8, 4) is 5.75 Å². The summed E-state index contributed by atoms with van der Waals surface area (Å²) in [5.74, 6) is -0.409. The molecule has 0 radical (unpaired) electrons. The van der Waals surface area contributed by atoms with Gasteiger partial charge in [0.1, 0.15) is 5.75 Å². The van der Waals surface area contributed by atoms with Crippen molar-refractivity contribution in [1.29, 1.82) is 0 Å². The lowest BCUT2D eigenvalue weighted by atomic mass is 10.1. The van der Waals surface area contributed by atoms with Crippen molar-refractivity contribution in [2.75, 3.05) is 11.9 Å². The fraction of sp³-hybridized carbons (Fsp3) is 0.125. The molecule has 4 heteroatoms. The Morgan fingerprint density at radius 1 is 0.950 bits per heavy atom. The number of anilines is 1. The first-order valence-corrected chi connectivity index (χ1v) is 6.20. The van der Waals surface area contributed by atoms with Crippen LogP contribution in [-0.4, -0.2) is 18.9 Å². The lowest BCUT2D eigenvalue weighted by molar-refractivity contribution is -0.131. The van der Waals surface area contributed by atoms with Crippen molar-refractivity contribution in [2.24, 2.45) is 0 Å². The van der Waals surface area contributed by atoms with Gasteiger partial charge >= 0.3 is 5.97 Å². The molecule has 0 saturated heterocycles. The van der Waals surface area contributed by atoms with Crippen LogP contribution in [0.4, 0.5) is 5.69 Å². The van der Waals surface area contributed by atoms with Crippen LogP contribution in [0.2, 0.25) is 0 Å². The number of esters is 1. The molecule has 0 saturated carbocycles. The average Bonchev–Trinajstić information content (AvgIpc) is 2.46. The normalized spacial score (nSPS) is 9.90. The van der Waals surface area contributed by atoms with Crippen molar-refractivity contribution in [2.45, 2.75) is 6.92 Å². The minimum atomic E-state index is -0.451. The standard InChI is InChI=1S/C16H15NO3/c1-12(18)20-15-11-7-6-10-14(15)16(19)17(2)13-8-4-3-5-9-13/h3-11H,1-2H3. The Bertz CT molecular complexity index is 623. The summed E-state index contributed by atoms with van der Waals surface area (Å²) in [7, 11) is 1.68. The maximum absolute atomic E-state index is 12.5. The summed E-state index contributed by atoms with van der Waals surface area (Å²) in [6.45, 7) is 1.31. The molecule has 0 unspecified atom stereocenters. The fourth-order valence-electron chi connectivity index (χ4n) is 1.84. The lowest BCUT2D eigenvalue weighted by Gasteiger charge is -2.18. The summed E-state index contributed by atoms with van der Waals surface area (Å²) in [6.07, 6.45) is 0. The van der Waals surface area contributed by atoms with E-state index < -0.39 is 5.97 Å². The second-order valence-electron chi connectivity index (χ2n) is 4.29. The van der Waals surface area contributed by atoms with E-state index in [-0.39, 0.29) is 11.7 Å². The topological polar surface area (TPSA) is 46.6 Å². The molecule has 0 N–H and O–H groups in total. The highest BCUT2D eigenvalue weighted by atomic mass is 16.5. The Hall–Kier alpha value is -2.62. The van der Waals surface area contributed by atoms with Crippen LogP contribution in [0.1, 0.15) is 17.3 Å². The maximum Gasteiger partial charge on any atom is 0.308 e. The van der Waals surface area contributed by atoms with Gasteiger partial charge in [-0.15, -0.1) is 0 Å². The van der Waals surface area contributed by atoms with Gasteiger partial charge in [0.25, 0.3) is 5.91 Å². The number of carbonyl (C=O) groups is 2. The maximum atomic E-state index is 12.5. The van der Waals surface area contributed by atoms with Gasteiger partial charge in [0.05, 0.1) is 5.56 Å². The number of nitrogens with zero attached hydrogens (tertiary/aromatic N) is 1. The molecule has 1 amide bonds. The smallest absolute Gasteiger partial charge is 0.308 e. The van der Waals surface area contributed by atoms with Gasteiger partial charge in [-0.25, -0.2) is 0 Å². The minimum Gasteiger partial charge on any atom is -0.426 e. The SMILES string of the molecule is CC(=O)Oc1ccccc1C(=O)N(C)c1ccccc1. The van der Waals surface area contributed by atoms with E-state index >= 15 is 0 Å². The summed E-state index contributed by atoms with van der Waals surface area (Å²) in [4.78, 5) is 25.1. The number of hydrogen-bond acceptors (Lipinski definition) is 3. The van der Waals surface area contributed by atoms with Crippen LogP contribution in [0.15, 0.2) is 54.6 Å². The van der Waals surface area contributed by atoms with Crippen LogP contribution in [0.3, 0.4) is 0 Å². The highest BCUT2D eigenvalue weighted by Crippen LogP contribution is 2.22. The second-order valence-corrected chi connectivity index (χ2v) is 4.29. The third kappa shape index (κ3) is 3.03. The second kappa shape index (κ2) is 6.02. The molecule has 0 bridgehead atoms. The third-order valence-electron chi connectivity index (χ3n) is 2.82. The molecule has 2 aromatic carbocycles. The molecule has 20 heavy (non-hydrogen) atoms. The molecule has 0 spiro atoms. The van der Waals surface area contributed by atoms with Gasteiger partial charge < -0.3 is 9.64 Å². The van der Waals surface area contributed by atoms with E-state index in [4.69, 9.17) is 4.74 Å². The third-order valence-corrected chi connectivity index (χ3v) is 2.82. The van der Waals surface area contributed by atoms with E-state index in [1.54, 1.807) is 31.3 Å². The van der Waals surface area contributed by atoms with Gasteiger partial charge in [-0.1, -0.05) is 30.3 Å². The Balaban J connectivity index is 2.32. The quantitative estimate of drug-likeness (QED) is 0.636. The lowest BCUT2D eigenvalue weighted by Crippen LogP contribution is -2.26. The Labute approximate surface area is 117 Å². The molecule has 4 nitrogen and oxygen atoms in total. The van der Waals surface area contributed by atoms with Crippen LogP contribution in [0, 0.1) is 0 Å². The number of carbonyl (C=O) groups excluding carboxylic acids is 2. The predicted molar refractivity (Wildman–Crippen MR) is 76.9 cm³/mol. The molecule has 2 rings (SSSR count). The summed E-state index contributed by atoms with van der Waals surface area (Å²) in [5, 5.41) is 0. The number of amides is 1. The summed E-state index contributed by atoms with van der Waals surface area (Å²) in [5.41, 5.74) is 1.13. The van der Waals surface area contributed by atoms with Crippen molar-refractivity contribution in [1.82, 2.24) is 0 Å². The van der Waals surface area contributed by atoms with Crippen molar-refractivity contribution < 1.29 is 14.3 Å². The zero-order valence-corrected chi connectivity index (χ0v) is 11.4. The molecule has 102 valence electrons. The van der Waals surface area contributed by atoms with Gasteiger partial charge in [0.2, 0.25) is 0 Å². The van der Waals surface area contributed by atoms with Crippen molar-refractivity contribution in [3.05, 3.63) is 60.2 Å². The zero-order chi connectivity index (χ0) is 14.5. The van der Waals surface area contributed by atoms with E-state index in [0.29, 0.717) is 5.56 Å². The highest BCUT2D eigenvalue weighted by molar-refractivity contribution is 6.07. The number of rotatable bonds is 3. The van der Waals surface area contributed by atoms with E-state index in [9.17, 15) is 9.59 Å². The van der Waals surface area contributed by atoms with E-state index in [1.165, 1.54) is 11.8 Å². The van der Waals surface area contributed by atoms with Gasteiger partial charge in [-0.2, -0.15) is 0 Å². The molecule has 0 aliphatic carbocycles. The fourth-order valence-corrected chi connectivity index (χ4v) is 1.84. The van der Waals surface area contributed by atoms with Crippen molar-refractivity contribution >= 4 is 17.6 Å². The molecule has 0 atom stereocenters. The first-order chi connectivity index (χ1) is 9.59. The average molecular weight is 269 g/mol. The number of benzene rings is 2. The monoisotopic (exact) mass is 269 g/mol. The van der Waals surface area contributed by atoms with Crippen molar-refractivity contribution in [3.63, 3.8) is 0 Å². The zero-order valence-electron chi connectivity index (χ0n) is 11.4. The molecular weight excluding hydrogens is 254 g/mol. The van der Waals surface area contributed by atoms with E-state index in [1.807, 2.05) is 30.3 Å². The summed E-state index contributed by atoms with van der Waals surface area (Å²) >= 11 is 0. The molecule has 0 aliphatic heterocycles. The van der Waals surface area contributed by atoms with E-state index in [2.05, 4.69) is 0 Å². The number of hydrogen-bond donors (Lipinski definition) is 0. The molecule has 0 heterocycles. The largest absolute Gasteiger partial charge is 0.426 e. The van der Waals surface area contributed by atoms with Crippen LogP contribution >= 0.6 is 0 Å². The van der Waals surface area contributed by atoms with Crippen LogP contribution in [-0.2, 0) is 4.79 Å². The molecule has 0 aliphatic rings. The Morgan fingerprint density at radius 2 is 1.55 bits per heavy atom. The van der Waals surface area contributed by atoms with Gasteiger partial charge in [0, 0.05) is 19.7 Å². The number of ether oxygens (including phenoxy) is 1. The first kappa shape index (κ1) is 13.8. The van der Waals surface area contributed by atoms with E-state index in [0.717, 1.165) is 5.69 Å². The summed E-state index contributed by atoms with van der Waals surface area (Å²) in [6, 6.07) is 16.0. The van der Waals surface area contributed by atoms with Gasteiger partial charge in [-0.05, 0) is 24.3 Å².